The number of benzene rings is 4. The van der Waals surface area contributed by atoms with Gasteiger partial charge in [-0.15, -0.1) is 5.10 Å². The number of aromatic nitrogens is 3. The lowest BCUT2D eigenvalue weighted by Gasteiger charge is -2.12. The molecule has 0 bridgehead atoms. The molecule has 1 heterocycles. The molecule has 0 aliphatic rings. The summed E-state index contributed by atoms with van der Waals surface area (Å²) in [5.41, 5.74) is 4.97. The summed E-state index contributed by atoms with van der Waals surface area (Å²) >= 11 is 3.59. The summed E-state index contributed by atoms with van der Waals surface area (Å²) in [4.78, 5) is 17.5. The lowest BCUT2D eigenvalue weighted by Crippen LogP contribution is -2.19. The van der Waals surface area contributed by atoms with Crippen molar-refractivity contribution in [1.29, 1.82) is 0 Å². The molecule has 0 aliphatic carbocycles. The van der Waals surface area contributed by atoms with E-state index in [4.69, 9.17) is 4.74 Å². The van der Waals surface area contributed by atoms with Crippen LogP contribution in [0.15, 0.2) is 101 Å². The Labute approximate surface area is 216 Å². The molecule has 36 heavy (non-hydrogen) atoms. The van der Waals surface area contributed by atoms with Crippen LogP contribution in [0.4, 0.5) is 0 Å². The fourth-order valence-electron chi connectivity index (χ4n) is 3.88. The number of fused-ring (bicyclic) bond motifs is 1. The predicted octanol–water partition coefficient (Wildman–Crippen LogP) is 6.01. The second-order valence-corrected chi connectivity index (χ2v) is 8.68. The minimum absolute atomic E-state index is 0.0130. The number of ether oxygens (including phenoxy) is 1. The maximum absolute atomic E-state index is 13.0. The van der Waals surface area contributed by atoms with Gasteiger partial charge in [0.05, 0.1) is 23.0 Å². The van der Waals surface area contributed by atoms with Crippen LogP contribution in [0.2, 0.25) is 0 Å². The van der Waals surface area contributed by atoms with Crippen LogP contribution in [0.5, 0.6) is 5.75 Å². The minimum Gasteiger partial charge on any atom is -0.492 e. The summed E-state index contributed by atoms with van der Waals surface area (Å²) in [7, 11) is 0. The van der Waals surface area contributed by atoms with E-state index >= 15 is 0 Å². The standard InChI is InChI=1S/C28H22BrN5O2/c1-2-36-25-23(22-16-10-9-13-20(22)17-24(25)29)18-30-32-28(35)26-31-27(19-11-5-3-6-12-19)34(33-26)21-14-7-4-8-15-21/h3-18H,2H2,1H3,(H,32,35). The molecule has 5 aromatic rings. The van der Waals surface area contributed by atoms with Gasteiger partial charge in [-0.25, -0.2) is 15.1 Å². The van der Waals surface area contributed by atoms with Crippen molar-refractivity contribution < 1.29 is 9.53 Å². The van der Waals surface area contributed by atoms with E-state index in [-0.39, 0.29) is 5.82 Å². The van der Waals surface area contributed by atoms with Gasteiger partial charge in [0.1, 0.15) is 5.75 Å². The third-order valence-electron chi connectivity index (χ3n) is 5.49. The van der Waals surface area contributed by atoms with Crippen LogP contribution < -0.4 is 10.2 Å². The Morgan fingerprint density at radius 3 is 2.47 bits per heavy atom. The third-order valence-corrected chi connectivity index (χ3v) is 6.08. The maximum atomic E-state index is 13.0. The monoisotopic (exact) mass is 539 g/mol. The predicted molar refractivity (Wildman–Crippen MR) is 145 cm³/mol. The van der Waals surface area contributed by atoms with Gasteiger partial charge < -0.3 is 4.74 Å². The molecule has 0 spiro atoms. The Balaban J connectivity index is 1.47. The third kappa shape index (κ3) is 4.76. The first-order chi connectivity index (χ1) is 17.7. The largest absolute Gasteiger partial charge is 0.492 e. The molecule has 178 valence electrons. The SMILES string of the molecule is CCOc1c(Br)cc2ccccc2c1C=NNC(=O)c1nc(-c2ccccc2)n(-c2ccccc2)n1. The van der Waals surface area contributed by atoms with Crippen molar-refractivity contribution in [3.05, 3.63) is 107 Å². The summed E-state index contributed by atoms with van der Waals surface area (Å²) in [5, 5.41) is 10.7. The first kappa shape index (κ1) is 23.4. The molecule has 0 saturated carbocycles. The highest BCUT2D eigenvalue weighted by Crippen LogP contribution is 2.35. The van der Waals surface area contributed by atoms with Gasteiger partial charge in [-0.2, -0.15) is 5.10 Å². The number of nitrogens with one attached hydrogen (secondary N) is 1. The van der Waals surface area contributed by atoms with E-state index in [0.29, 0.717) is 18.2 Å². The van der Waals surface area contributed by atoms with Crippen molar-refractivity contribution in [3.63, 3.8) is 0 Å². The zero-order valence-electron chi connectivity index (χ0n) is 19.4. The van der Waals surface area contributed by atoms with Crippen molar-refractivity contribution in [2.45, 2.75) is 6.92 Å². The van der Waals surface area contributed by atoms with E-state index in [1.165, 1.54) is 0 Å². The molecule has 1 aromatic heterocycles. The lowest BCUT2D eigenvalue weighted by molar-refractivity contribution is 0.0945. The van der Waals surface area contributed by atoms with Gasteiger partial charge in [-0.05, 0) is 51.8 Å². The van der Waals surface area contributed by atoms with E-state index in [0.717, 1.165) is 32.1 Å². The number of hydrazone groups is 1. The summed E-state index contributed by atoms with van der Waals surface area (Å²) in [6.07, 6.45) is 1.59. The first-order valence-electron chi connectivity index (χ1n) is 11.4. The van der Waals surface area contributed by atoms with Crippen molar-refractivity contribution in [1.82, 2.24) is 20.2 Å². The van der Waals surface area contributed by atoms with E-state index in [1.807, 2.05) is 97.9 Å². The van der Waals surface area contributed by atoms with E-state index in [1.54, 1.807) is 10.9 Å². The Bertz CT molecular complexity index is 1490. The van der Waals surface area contributed by atoms with Crippen LogP contribution >= 0.6 is 15.9 Å². The van der Waals surface area contributed by atoms with Gasteiger partial charge in [0.2, 0.25) is 5.82 Å². The maximum Gasteiger partial charge on any atom is 0.311 e. The quantitative estimate of drug-likeness (QED) is 0.203. The minimum atomic E-state index is -0.518. The van der Waals surface area contributed by atoms with Crippen LogP contribution in [0.3, 0.4) is 0 Å². The van der Waals surface area contributed by atoms with E-state index in [9.17, 15) is 4.79 Å². The average molecular weight is 540 g/mol. The summed E-state index contributed by atoms with van der Waals surface area (Å²) in [6.45, 7) is 2.41. The van der Waals surface area contributed by atoms with Crippen molar-refractivity contribution in [2.75, 3.05) is 6.61 Å². The molecule has 1 N–H and O–H groups in total. The molecule has 1 amide bonds. The van der Waals surface area contributed by atoms with Crippen LogP contribution in [-0.2, 0) is 0 Å². The fourth-order valence-corrected chi connectivity index (χ4v) is 4.45. The van der Waals surface area contributed by atoms with Gasteiger partial charge in [0, 0.05) is 11.1 Å². The topological polar surface area (TPSA) is 81.4 Å². The Morgan fingerprint density at radius 2 is 1.72 bits per heavy atom. The van der Waals surface area contributed by atoms with Gasteiger partial charge >= 0.3 is 5.91 Å². The highest BCUT2D eigenvalue weighted by atomic mass is 79.9. The molecule has 8 heteroatoms. The molecule has 0 unspecified atom stereocenters. The molecular weight excluding hydrogens is 518 g/mol. The summed E-state index contributed by atoms with van der Waals surface area (Å²) in [6, 6.07) is 29.1. The molecule has 7 nitrogen and oxygen atoms in total. The van der Waals surface area contributed by atoms with Gasteiger partial charge in [-0.1, -0.05) is 72.8 Å². The number of carbonyl (C=O) groups is 1. The number of rotatable bonds is 7. The molecule has 0 fully saturated rings. The van der Waals surface area contributed by atoms with Crippen LogP contribution in [0.25, 0.3) is 27.8 Å². The number of amides is 1. The zero-order valence-corrected chi connectivity index (χ0v) is 21.0. The highest BCUT2D eigenvalue weighted by molar-refractivity contribution is 9.10. The fraction of sp³-hybridized carbons (Fsp3) is 0.0714. The van der Waals surface area contributed by atoms with Gasteiger partial charge in [-0.3, -0.25) is 4.79 Å². The number of hydrogen-bond donors (Lipinski definition) is 1. The highest BCUT2D eigenvalue weighted by Gasteiger charge is 2.19. The Morgan fingerprint density at radius 1 is 1.03 bits per heavy atom. The second kappa shape index (κ2) is 10.5. The molecule has 0 saturated heterocycles. The first-order valence-corrected chi connectivity index (χ1v) is 12.2. The molecule has 4 aromatic carbocycles. The molecule has 0 atom stereocenters. The van der Waals surface area contributed by atoms with E-state index in [2.05, 4.69) is 36.5 Å². The number of hydrogen-bond acceptors (Lipinski definition) is 5. The van der Waals surface area contributed by atoms with Crippen LogP contribution in [0, 0.1) is 0 Å². The summed E-state index contributed by atoms with van der Waals surface area (Å²) < 4.78 is 8.32. The van der Waals surface area contributed by atoms with Crippen LogP contribution in [0.1, 0.15) is 23.1 Å². The Hall–Kier alpha value is -4.30. The van der Waals surface area contributed by atoms with Crippen molar-refractivity contribution in [3.8, 4) is 22.8 Å². The van der Waals surface area contributed by atoms with E-state index < -0.39 is 5.91 Å². The number of nitrogens with zero attached hydrogens (tertiary/aromatic N) is 4. The molecule has 0 radical (unpaired) electrons. The lowest BCUT2D eigenvalue weighted by atomic mass is 10.0. The smallest absolute Gasteiger partial charge is 0.311 e. The van der Waals surface area contributed by atoms with Gasteiger partial charge in [0.15, 0.2) is 5.82 Å². The normalized spacial score (nSPS) is 11.2. The number of para-hydroxylation sites is 1. The Kier molecular flexibility index (Phi) is 6.86. The van der Waals surface area contributed by atoms with Crippen LogP contribution in [-0.4, -0.2) is 33.5 Å². The zero-order chi connectivity index (χ0) is 24.9. The molecule has 0 aliphatic heterocycles. The molecular formula is C28H22BrN5O2. The number of carbonyl (C=O) groups excluding carboxylic acids is 1. The number of halogens is 1. The van der Waals surface area contributed by atoms with Crippen molar-refractivity contribution >= 4 is 38.8 Å². The van der Waals surface area contributed by atoms with Crippen molar-refractivity contribution in [2.24, 2.45) is 5.10 Å². The molecule has 5 rings (SSSR count). The summed E-state index contributed by atoms with van der Waals surface area (Å²) in [5.74, 6) is 0.717. The average Bonchev–Trinajstić information content (AvgIpc) is 3.37. The van der Waals surface area contributed by atoms with Gasteiger partial charge in [0.25, 0.3) is 0 Å². The second-order valence-electron chi connectivity index (χ2n) is 7.83.